The second-order valence-corrected chi connectivity index (χ2v) is 26.1. The van der Waals surface area contributed by atoms with Crippen LogP contribution in [0.3, 0.4) is 0 Å². The highest BCUT2D eigenvalue weighted by Gasteiger charge is 2.59. The van der Waals surface area contributed by atoms with E-state index in [9.17, 15) is 0 Å². The number of benzene rings is 9. The predicted molar refractivity (Wildman–Crippen MR) is 281 cm³/mol. The molecule has 3 heteroatoms. The Morgan fingerprint density at radius 3 is 1.53 bits per heavy atom. The van der Waals surface area contributed by atoms with E-state index in [2.05, 4.69) is 260 Å². The summed E-state index contributed by atoms with van der Waals surface area (Å²) in [5, 5.41) is 9.28. The zero-order valence-corrected chi connectivity index (χ0v) is 40.2. The average molecular weight is 849 g/mol. The Kier molecular flexibility index (Phi) is 9.81. The normalized spacial score (nSPS) is 13.6. The van der Waals surface area contributed by atoms with Crippen molar-refractivity contribution in [2.45, 2.75) is 73.5 Å². The summed E-state index contributed by atoms with van der Waals surface area (Å²) in [5.74, 6) is 0. The van der Waals surface area contributed by atoms with E-state index in [1.165, 1.54) is 88.1 Å². The maximum atomic E-state index is 2.49. The lowest BCUT2D eigenvalue weighted by Crippen LogP contribution is -2.50. The summed E-state index contributed by atoms with van der Waals surface area (Å²) in [4.78, 5) is 4.92. The molecule has 0 spiro atoms. The van der Waals surface area contributed by atoms with Crippen molar-refractivity contribution in [1.82, 2.24) is 0 Å². The summed E-state index contributed by atoms with van der Waals surface area (Å²) in [7, 11) is -1.71. The summed E-state index contributed by atoms with van der Waals surface area (Å²) in [6.45, 7) is 24.5. The Hall–Kier alpha value is -6.42. The van der Waals surface area contributed by atoms with Gasteiger partial charge in [0.25, 0.3) is 0 Å². The molecular weight excluding hydrogens is 789 g/mol. The van der Waals surface area contributed by atoms with Crippen LogP contribution in [0, 0.1) is 17.8 Å². The number of nitrogens with zero attached hydrogens (tertiary/aromatic N) is 2. The number of para-hydroxylation sites is 4. The molecule has 0 saturated heterocycles. The number of hydrogen-bond donors (Lipinski definition) is 0. The van der Waals surface area contributed by atoms with Crippen LogP contribution in [0.2, 0.25) is 19.6 Å². The fraction of sp³-hybridized carbons (Fsp3) is 0.213. The van der Waals surface area contributed by atoms with Crippen LogP contribution >= 0.6 is 0 Å². The smallest absolute Gasteiger partial charge is 0.0803 e. The van der Waals surface area contributed by atoms with Crippen molar-refractivity contribution in [3.8, 4) is 11.1 Å². The van der Waals surface area contributed by atoms with Gasteiger partial charge in [0.1, 0.15) is 0 Å². The van der Waals surface area contributed by atoms with Gasteiger partial charge >= 0.3 is 0 Å². The Morgan fingerprint density at radius 1 is 0.406 bits per heavy atom. The molecule has 0 fully saturated rings. The molecular formula is C61H60N2Si. The third kappa shape index (κ3) is 6.34. The minimum absolute atomic E-state index is 0.171. The van der Waals surface area contributed by atoms with Gasteiger partial charge in [-0.2, -0.15) is 0 Å². The Bertz CT molecular complexity index is 3220. The van der Waals surface area contributed by atoms with E-state index in [0.29, 0.717) is 0 Å². The Labute approximate surface area is 381 Å². The lowest BCUT2D eigenvalue weighted by Gasteiger charge is -2.54. The first-order chi connectivity index (χ1) is 30.6. The van der Waals surface area contributed by atoms with Crippen molar-refractivity contribution in [3.63, 3.8) is 0 Å². The molecule has 2 nitrogen and oxygen atoms in total. The second kappa shape index (κ2) is 15.1. The first-order valence-electron chi connectivity index (χ1n) is 23.0. The lowest BCUT2D eigenvalue weighted by molar-refractivity contribution is 0.0977. The van der Waals surface area contributed by atoms with Crippen molar-refractivity contribution >= 4 is 79.7 Å². The molecule has 0 unspecified atom stereocenters. The standard InChI is InChI=1S/C61H60N2Si/c1-41-23-17-20-30-53(41)62(43-24-13-11-14-25-43)46-35-38-50-52(40-46)48-28-18-19-29-49(48)56-51-36-33-42-39-45(34-37-47(42)57(51)61(58(50)56,59(2,3)4)60(5,6)7)63(44-26-15-12-16-27-44)54-31-21-22-32-55(54)64(8,9)10/h11-40H,1-10H3. The first-order valence-corrected chi connectivity index (χ1v) is 26.5. The van der Waals surface area contributed by atoms with Gasteiger partial charge in [0.2, 0.25) is 0 Å². The molecule has 10 rings (SSSR count). The molecule has 0 N–H and O–H groups in total. The van der Waals surface area contributed by atoms with Crippen LogP contribution in [0.25, 0.3) is 43.4 Å². The molecule has 64 heavy (non-hydrogen) atoms. The molecule has 0 heterocycles. The molecule has 0 atom stereocenters. The van der Waals surface area contributed by atoms with Crippen LogP contribution in [-0.4, -0.2) is 8.07 Å². The monoisotopic (exact) mass is 848 g/mol. The largest absolute Gasteiger partial charge is 0.311 e. The van der Waals surface area contributed by atoms with Gasteiger partial charge in [0, 0.05) is 39.5 Å². The topological polar surface area (TPSA) is 6.48 Å². The molecule has 0 aromatic heterocycles. The average Bonchev–Trinajstić information content (AvgIpc) is 3.62. The summed E-state index contributed by atoms with van der Waals surface area (Å²) < 4.78 is 0. The van der Waals surface area contributed by atoms with Gasteiger partial charge in [-0.15, -0.1) is 0 Å². The second-order valence-electron chi connectivity index (χ2n) is 21.1. The Morgan fingerprint density at radius 2 is 0.922 bits per heavy atom. The number of rotatable bonds is 7. The molecule has 0 bridgehead atoms. The van der Waals surface area contributed by atoms with Crippen LogP contribution in [0.4, 0.5) is 34.1 Å². The fourth-order valence-electron chi connectivity index (χ4n) is 11.9. The Balaban J connectivity index is 1.27. The number of fused-ring (bicyclic) bond motifs is 10. The number of aryl methyl sites for hydroxylation is 1. The van der Waals surface area contributed by atoms with Gasteiger partial charge in [-0.3, -0.25) is 0 Å². The van der Waals surface area contributed by atoms with Gasteiger partial charge in [0.05, 0.1) is 8.07 Å². The van der Waals surface area contributed by atoms with Crippen LogP contribution in [-0.2, 0) is 5.41 Å². The molecule has 1 aliphatic rings. The van der Waals surface area contributed by atoms with Gasteiger partial charge in [-0.05, 0) is 144 Å². The van der Waals surface area contributed by atoms with Crippen LogP contribution in [0.5, 0.6) is 0 Å². The van der Waals surface area contributed by atoms with E-state index < -0.39 is 8.07 Å². The van der Waals surface area contributed by atoms with Crippen molar-refractivity contribution in [3.05, 3.63) is 199 Å². The maximum absolute atomic E-state index is 2.49. The van der Waals surface area contributed by atoms with E-state index in [0.717, 1.165) is 11.4 Å². The highest BCUT2D eigenvalue weighted by molar-refractivity contribution is 6.89. The molecule has 0 aliphatic heterocycles. The highest BCUT2D eigenvalue weighted by Crippen LogP contribution is 2.68. The van der Waals surface area contributed by atoms with E-state index in [4.69, 9.17) is 0 Å². The fourth-order valence-corrected chi connectivity index (χ4v) is 13.5. The van der Waals surface area contributed by atoms with E-state index in [-0.39, 0.29) is 16.2 Å². The van der Waals surface area contributed by atoms with Gasteiger partial charge in [-0.1, -0.05) is 183 Å². The summed E-state index contributed by atoms with van der Waals surface area (Å²) in [6.07, 6.45) is 0. The SMILES string of the molecule is Cc1ccccc1N(c1ccccc1)c1ccc2c3c(c4ccccc4c2c1)-c1ccc2cc(N(c4ccccc4)c4ccccc4[Si](C)(C)C)ccc2c1C3(C(C)(C)C)C(C)(C)C. The summed E-state index contributed by atoms with van der Waals surface area (Å²) >= 11 is 0. The minimum atomic E-state index is -1.71. The molecule has 0 amide bonds. The van der Waals surface area contributed by atoms with E-state index >= 15 is 0 Å². The van der Waals surface area contributed by atoms with Gasteiger partial charge < -0.3 is 9.80 Å². The quantitative estimate of drug-likeness (QED) is 0.116. The number of anilines is 6. The highest BCUT2D eigenvalue weighted by atomic mass is 28.3. The first kappa shape index (κ1) is 41.6. The molecule has 318 valence electrons. The molecule has 1 aliphatic carbocycles. The summed E-state index contributed by atoms with van der Waals surface area (Å²) in [6, 6.07) is 68.2. The van der Waals surface area contributed by atoms with Crippen LogP contribution < -0.4 is 15.0 Å². The zero-order chi connectivity index (χ0) is 44.8. The van der Waals surface area contributed by atoms with Crippen LogP contribution in [0.15, 0.2) is 182 Å². The van der Waals surface area contributed by atoms with Gasteiger partial charge in [-0.25, -0.2) is 0 Å². The molecule has 0 radical (unpaired) electrons. The molecule has 9 aromatic rings. The third-order valence-electron chi connectivity index (χ3n) is 14.1. The van der Waals surface area contributed by atoms with Crippen molar-refractivity contribution < 1.29 is 0 Å². The van der Waals surface area contributed by atoms with Crippen molar-refractivity contribution in [2.24, 2.45) is 10.8 Å². The predicted octanol–water partition coefficient (Wildman–Crippen LogP) is 17.3. The number of hydrogen-bond acceptors (Lipinski definition) is 2. The zero-order valence-electron chi connectivity index (χ0n) is 39.2. The molecule has 9 aromatic carbocycles. The third-order valence-corrected chi connectivity index (χ3v) is 16.2. The van der Waals surface area contributed by atoms with Crippen LogP contribution in [0.1, 0.15) is 58.2 Å². The lowest BCUT2D eigenvalue weighted by atomic mass is 9.49. The van der Waals surface area contributed by atoms with Crippen molar-refractivity contribution in [2.75, 3.05) is 9.80 Å². The molecule has 0 saturated carbocycles. The van der Waals surface area contributed by atoms with E-state index in [1.54, 1.807) is 0 Å². The van der Waals surface area contributed by atoms with Crippen molar-refractivity contribution in [1.29, 1.82) is 0 Å². The maximum Gasteiger partial charge on any atom is 0.0803 e. The minimum Gasteiger partial charge on any atom is -0.311 e. The van der Waals surface area contributed by atoms with Gasteiger partial charge in [0.15, 0.2) is 0 Å². The van der Waals surface area contributed by atoms with E-state index in [1.807, 2.05) is 0 Å². The summed E-state index contributed by atoms with van der Waals surface area (Å²) in [5.41, 5.74) is 13.3.